The van der Waals surface area contributed by atoms with E-state index < -0.39 is 11.7 Å². The summed E-state index contributed by atoms with van der Waals surface area (Å²) in [6, 6.07) is 7.71. The first-order valence-corrected chi connectivity index (χ1v) is 9.80. The van der Waals surface area contributed by atoms with Crippen molar-refractivity contribution in [2.24, 2.45) is 0 Å². The Morgan fingerprint density at radius 3 is 2.54 bits per heavy atom. The lowest BCUT2D eigenvalue weighted by atomic mass is 10.0. The molecule has 0 bridgehead atoms. The zero-order valence-corrected chi connectivity index (χ0v) is 17.6. The van der Waals surface area contributed by atoms with Crippen LogP contribution >= 0.6 is 11.3 Å². The van der Waals surface area contributed by atoms with Crippen LogP contribution in [0.2, 0.25) is 0 Å². The van der Waals surface area contributed by atoms with Crippen molar-refractivity contribution >= 4 is 23.3 Å². The normalized spacial score (nSPS) is 11.8. The number of alkyl carbamates (subject to hydrolysis) is 1. The molecule has 1 heterocycles. The molecule has 0 saturated carbocycles. The molecule has 1 aromatic heterocycles. The van der Waals surface area contributed by atoms with Gasteiger partial charge in [-0.25, -0.2) is 9.78 Å². The number of rotatable bonds is 4. The van der Waals surface area contributed by atoms with Crippen LogP contribution in [0.4, 0.5) is 4.79 Å². The fourth-order valence-electron chi connectivity index (χ4n) is 2.33. The number of nitrogens with zero attached hydrogens (tertiary/aromatic N) is 1. The summed E-state index contributed by atoms with van der Waals surface area (Å²) in [6.45, 7) is 9.15. The second-order valence-electron chi connectivity index (χ2n) is 7.23. The van der Waals surface area contributed by atoms with Crippen LogP contribution in [0.5, 0.6) is 0 Å². The molecule has 6 nitrogen and oxygen atoms in total. The van der Waals surface area contributed by atoms with Gasteiger partial charge >= 0.3 is 6.09 Å². The van der Waals surface area contributed by atoms with Crippen molar-refractivity contribution in [1.82, 2.24) is 15.6 Å². The Kier molecular flexibility index (Phi) is 7.18. The van der Waals surface area contributed by atoms with Crippen LogP contribution in [0.15, 0.2) is 29.8 Å². The second-order valence-corrected chi connectivity index (χ2v) is 8.09. The monoisotopic (exact) mass is 399 g/mol. The third-order valence-electron chi connectivity index (χ3n) is 3.61. The molecule has 0 aliphatic heterocycles. The van der Waals surface area contributed by atoms with Crippen molar-refractivity contribution in [1.29, 1.82) is 0 Å². The number of benzene rings is 1. The first-order chi connectivity index (χ1) is 13.2. The molecule has 2 amide bonds. The Morgan fingerprint density at radius 1 is 1.25 bits per heavy atom. The molecule has 0 spiro atoms. The highest BCUT2D eigenvalue weighted by Crippen LogP contribution is 2.28. The Hall–Kier alpha value is -2.85. The lowest BCUT2D eigenvalue weighted by molar-refractivity contribution is -0.118. The third-order valence-corrected chi connectivity index (χ3v) is 4.48. The number of thiazole rings is 1. The Labute approximate surface area is 169 Å². The predicted molar refractivity (Wildman–Crippen MR) is 111 cm³/mol. The van der Waals surface area contributed by atoms with E-state index in [4.69, 9.17) is 4.74 Å². The summed E-state index contributed by atoms with van der Waals surface area (Å²) in [5, 5.41) is 5.47. The highest BCUT2D eigenvalue weighted by atomic mass is 32.1. The minimum absolute atomic E-state index is 0.113. The van der Waals surface area contributed by atoms with Crippen molar-refractivity contribution in [2.75, 3.05) is 6.54 Å². The first kappa shape index (κ1) is 21.5. The predicted octanol–water partition coefficient (Wildman–Crippen LogP) is 3.88. The molecule has 0 saturated heterocycles. The SMILES string of the molecule is CC(=O)NCC#Cc1ncsc1-c1ccc([C@H](C)NC(=O)OC(C)(C)C)cc1. The standard InChI is InChI=1S/C21H25N3O3S/c1-14(24-20(26)27-21(3,4)5)16-8-10-17(11-9-16)19-18(23-13-28-19)7-6-12-22-15(2)25/h8-11,13-14H,12H2,1-5H3,(H,22,25)(H,24,26)/t14-/m0/s1. The second kappa shape index (κ2) is 9.38. The van der Waals surface area contributed by atoms with Crippen molar-refractivity contribution in [3.05, 3.63) is 41.0 Å². The van der Waals surface area contributed by atoms with E-state index in [9.17, 15) is 9.59 Å². The number of hydrogen-bond acceptors (Lipinski definition) is 5. The number of hydrogen-bond donors (Lipinski definition) is 2. The number of nitrogens with one attached hydrogen (secondary N) is 2. The minimum atomic E-state index is -0.531. The van der Waals surface area contributed by atoms with Crippen LogP contribution in [0.3, 0.4) is 0 Å². The van der Waals surface area contributed by atoms with Crippen LogP contribution in [-0.4, -0.2) is 29.1 Å². The van der Waals surface area contributed by atoms with E-state index in [1.807, 2.05) is 52.0 Å². The topological polar surface area (TPSA) is 80.3 Å². The summed E-state index contributed by atoms with van der Waals surface area (Å²) < 4.78 is 5.29. The largest absolute Gasteiger partial charge is 0.444 e. The Bertz CT molecular complexity index is 886. The van der Waals surface area contributed by atoms with E-state index in [2.05, 4.69) is 27.5 Å². The molecule has 0 unspecified atom stereocenters. The number of carbonyl (C=O) groups excluding carboxylic acids is 2. The molecule has 2 aromatic rings. The van der Waals surface area contributed by atoms with Crippen LogP contribution < -0.4 is 10.6 Å². The number of aromatic nitrogens is 1. The smallest absolute Gasteiger partial charge is 0.408 e. The molecule has 0 fully saturated rings. The molecule has 1 atom stereocenters. The van der Waals surface area contributed by atoms with Gasteiger partial charge in [0.15, 0.2) is 0 Å². The van der Waals surface area contributed by atoms with Gasteiger partial charge in [-0.05, 0) is 44.7 Å². The van der Waals surface area contributed by atoms with Crippen molar-refractivity contribution in [2.45, 2.75) is 46.3 Å². The molecule has 148 valence electrons. The number of ether oxygens (including phenoxy) is 1. The lowest BCUT2D eigenvalue weighted by Gasteiger charge is -2.22. The van der Waals surface area contributed by atoms with Crippen LogP contribution in [0.1, 0.15) is 51.9 Å². The van der Waals surface area contributed by atoms with E-state index in [0.717, 1.165) is 16.0 Å². The van der Waals surface area contributed by atoms with Crippen LogP contribution in [0, 0.1) is 11.8 Å². The molecule has 2 N–H and O–H groups in total. The Balaban J connectivity index is 2.06. The summed E-state index contributed by atoms with van der Waals surface area (Å²) in [5.74, 6) is 5.78. The van der Waals surface area contributed by atoms with Gasteiger partial charge in [-0.15, -0.1) is 11.3 Å². The van der Waals surface area contributed by atoms with E-state index in [-0.39, 0.29) is 11.9 Å². The molecule has 2 rings (SSSR count). The maximum absolute atomic E-state index is 11.9. The van der Waals surface area contributed by atoms with Gasteiger partial charge in [-0.2, -0.15) is 0 Å². The fraction of sp³-hybridized carbons (Fsp3) is 0.381. The number of carbonyl (C=O) groups is 2. The molecule has 7 heteroatoms. The van der Waals surface area contributed by atoms with Gasteiger partial charge in [-0.1, -0.05) is 30.2 Å². The molecular formula is C21H25N3O3S. The van der Waals surface area contributed by atoms with Gasteiger partial charge < -0.3 is 15.4 Å². The zero-order chi connectivity index (χ0) is 20.7. The minimum Gasteiger partial charge on any atom is -0.444 e. The molecule has 0 aliphatic rings. The highest BCUT2D eigenvalue weighted by molar-refractivity contribution is 7.13. The van der Waals surface area contributed by atoms with E-state index in [1.165, 1.54) is 18.3 Å². The van der Waals surface area contributed by atoms with E-state index in [0.29, 0.717) is 12.2 Å². The number of amides is 2. The average Bonchev–Trinajstić information content (AvgIpc) is 3.05. The maximum Gasteiger partial charge on any atom is 0.408 e. The van der Waals surface area contributed by atoms with Gasteiger partial charge in [0.1, 0.15) is 11.3 Å². The van der Waals surface area contributed by atoms with Crippen molar-refractivity contribution < 1.29 is 14.3 Å². The third kappa shape index (κ3) is 6.71. The molecule has 1 aromatic carbocycles. The highest BCUT2D eigenvalue weighted by Gasteiger charge is 2.18. The fourth-order valence-corrected chi connectivity index (χ4v) is 3.08. The summed E-state index contributed by atoms with van der Waals surface area (Å²) in [7, 11) is 0. The van der Waals surface area contributed by atoms with Gasteiger partial charge in [0.2, 0.25) is 5.91 Å². The summed E-state index contributed by atoms with van der Waals surface area (Å²) >= 11 is 1.51. The van der Waals surface area contributed by atoms with E-state index >= 15 is 0 Å². The van der Waals surface area contributed by atoms with Crippen LogP contribution in [-0.2, 0) is 9.53 Å². The van der Waals surface area contributed by atoms with Gasteiger partial charge in [0.25, 0.3) is 0 Å². The summed E-state index contributed by atoms with van der Waals surface area (Å²) in [6.07, 6.45) is -0.441. The zero-order valence-electron chi connectivity index (χ0n) is 16.8. The average molecular weight is 400 g/mol. The first-order valence-electron chi connectivity index (χ1n) is 8.92. The summed E-state index contributed by atoms with van der Waals surface area (Å²) in [4.78, 5) is 28.1. The summed E-state index contributed by atoms with van der Waals surface area (Å²) in [5.41, 5.74) is 3.87. The molecule has 28 heavy (non-hydrogen) atoms. The van der Waals surface area contributed by atoms with Crippen LogP contribution in [0.25, 0.3) is 10.4 Å². The quantitative estimate of drug-likeness (QED) is 0.765. The van der Waals surface area contributed by atoms with Crippen molar-refractivity contribution in [3.63, 3.8) is 0 Å². The van der Waals surface area contributed by atoms with Gasteiger partial charge in [0, 0.05) is 6.92 Å². The Morgan fingerprint density at radius 2 is 1.93 bits per heavy atom. The molecule has 0 aliphatic carbocycles. The lowest BCUT2D eigenvalue weighted by Crippen LogP contribution is -2.34. The van der Waals surface area contributed by atoms with Gasteiger partial charge in [-0.3, -0.25) is 4.79 Å². The molecule has 0 radical (unpaired) electrons. The van der Waals surface area contributed by atoms with Crippen molar-refractivity contribution in [3.8, 4) is 22.3 Å². The maximum atomic E-state index is 11.9. The van der Waals surface area contributed by atoms with Gasteiger partial charge in [0.05, 0.1) is 23.0 Å². The molecular weight excluding hydrogens is 374 g/mol. The van der Waals surface area contributed by atoms with E-state index in [1.54, 1.807) is 5.51 Å².